The first-order valence-corrected chi connectivity index (χ1v) is 9.79. The number of H-pyrrole nitrogens is 1. The Morgan fingerprint density at radius 1 is 1.25 bits per heavy atom. The number of nitrogens with one attached hydrogen (secondary N) is 2. The highest BCUT2D eigenvalue weighted by Crippen LogP contribution is 2.21. The van der Waals surface area contributed by atoms with E-state index in [4.69, 9.17) is 4.74 Å². The van der Waals surface area contributed by atoms with Crippen LogP contribution in [0.5, 0.6) is 0 Å². The molecule has 1 amide bonds. The first-order chi connectivity index (χ1) is 13.4. The zero-order chi connectivity index (χ0) is 20.3. The lowest BCUT2D eigenvalue weighted by Crippen LogP contribution is -2.33. The van der Waals surface area contributed by atoms with Gasteiger partial charge in [0.25, 0.3) is 5.91 Å². The molecule has 1 atom stereocenters. The summed E-state index contributed by atoms with van der Waals surface area (Å²) in [6, 6.07) is 7.96. The molecule has 0 bridgehead atoms. The van der Waals surface area contributed by atoms with E-state index in [1.807, 2.05) is 12.1 Å². The highest BCUT2D eigenvalue weighted by molar-refractivity contribution is 6.06. The van der Waals surface area contributed by atoms with Crippen LogP contribution in [0.25, 0.3) is 0 Å². The van der Waals surface area contributed by atoms with E-state index >= 15 is 0 Å². The Balaban J connectivity index is 1.66. The van der Waals surface area contributed by atoms with Crippen molar-refractivity contribution in [2.45, 2.75) is 40.2 Å². The van der Waals surface area contributed by atoms with E-state index in [1.54, 1.807) is 13.8 Å². The summed E-state index contributed by atoms with van der Waals surface area (Å²) in [6.07, 6.45) is 2.58. The molecule has 150 valence electrons. The Hall–Kier alpha value is -2.60. The van der Waals surface area contributed by atoms with Crippen molar-refractivity contribution in [1.29, 1.82) is 0 Å². The van der Waals surface area contributed by atoms with Gasteiger partial charge in [0.05, 0.1) is 12.7 Å². The molecule has 2 aromatic rings. The molecule has 1 fully saturated rings. The Bertz CT molecular complexity index is 855. The Morgan fingerprint density at radius 2 is 1.96 bits per heavy atom. The summed E-state index contributed by atoms with van der Waals surface area (Å²) in [6.45, 7) is 9.04. The normalized spacial score (nSPS) is 17.4. The second kappa shape index (κ2) is 8.61. The van der Waals surface area contributed by atoms with Crippen molar-refractivity contribution >= 4 is 17.6 Å². The fourth-order valence-corrected chi connectivity index (χ4v) is 3.96. The smallest absolute Gasteiger partial charge is 0.339 e. The lowest BCUT2D eigenvalue weighted by molar-refractivity contribution is 0.0599. The monoisotopic (exact) mass is 383 g/mol. The van der Waals surface area contributed by atoms with Crippen molar-refractivity contribution < 1.29 is 14.3 Å². The number of likely N-dealkylation sites (tertiary alicyclic amines) is 1. The van der Waals surface area contributed by atoms with Crippen LogP contribution in [0.15, 0.2) is 24.3 Å². The number of aromatic amines is 1. The number of hydrogen-bond donors (Lipinski definition) is 2. The fourth-order valence-electron chi connectivity index (χ4n) is 3.96. The van der Waals surface area contributed by atoms with Crippen LogP contribution >= 0.6 is 0 Å². The minimum absolute atomic E-state index is 0.270. The minimum Gasteiger partial charge on any atom is -0.465 e. The number of hydrogen-bond acceptors (Lipinski definition) is 4. The zero-order valence-corrected chi connectivity index (χ0v) is 17.1. The van der Waals surface area contributed by atoms with E-state index in [1.165, 1.54) is 25.5 Å². The number of aromatic nitrogens is 1. The van der Waals surface area contributed by atoms with Crippen LogP contribution in [-0.2, 0) is 11.3 Å². The first-order valence-electron chi connectivity index (χ1n) is 9.79. The molecule has 1 saturated heterocycles. The van der Waals surface area contributed by atoms with Crippen LogP contribution in [0.1, 0.15) is 57.4 Å². The van der Waals surface area contributed by atoms with Crippen molar-refractivity contribution in [1.82, 2.24) is 9.88 Å². The number of piperidine rings is 1. The molecule has 6 nitrogen and oxygen atoms in total. The van der Waals surface area contributed by atoms with Gasteiger partial charge in [-0.3, -0.25) is 9.69 Å². The Kier molecular flexibility index (Phi) is 6.19. The first kappa shape index (κ1) is 20.1. The van der Waals surface area contributed by atoms with Gasteiger partial charge in [0.2, 0.25) is 0 Å². The number of rotatable bonds is 5. The number of amides is 1. The predicted molar refractivity (Wildman–Crippen MR) is 110 cm³/mol. The van der Waals surface area contributed by atoms with Gasteiger partial charge >= 0.3 is 5.97 Å². The van der Waals surface area contributed by atoms with Crippen LogP contribution in [0.3, 0.4) is 0 Å². The number of esters is 1. The number of ether oxygens (including phenoxy) is 1. The largest absolute Gasteiger partial charge is 0.465 e. The summed E-state index contributed by atoms with van der Waals surface area (Å²) in [4.78, 5) is 30.0. The molecule has 0 aliphatic carbocycles. The Morgan fingerprint density at radius 3 is 2.61 bits per heavy atom. The SMILES string of the molecule is COC(=O)c1c(C)[nH]c(C(=O)Nc2ccc(CN3CCCC(C)C3)cc2)c1C. The molecule has 1 aromatic heterocycles. The molecule has 28 heavy (non-hydrogen) atoms. The van der Waals surface area contributed by atoms with E-state index in [2.05, 4.69) is 34.3 Å². The van der Waals surface area contributed by atoms with Gasteiger partial charge in [-0.05, 0) is 62.4 Å². The molecule has 1 aromatic carbocycles. The molecule has 0 radical (unpaired) electrons. The van der Waals surface area contributed by atoms with Crippen molar-refractivity contribution in [3.8, 4) is 0 Å². The topological polar surface area (TPSA) is 74.4 Å². The molecular formula is C22H29N3O3. The van der Waals surface area contributed by atoms with Crippen LogP contribution in [-0.4, -0.2) is 42.0 Å². The number of carbonyl (C=O) groups is 2. The van der Waals surface area contributed by atoms with Crippen molar-refractivity contribution in [2.24, 2.45) is 5.92 Å². The maximum absolute atomic E-state index is 12.6. The molecule has 1 aliphatic rings. The summed E-state index contributed by atoms with van der Waals surface area (Å²) < 4.78 is 4.80. The zero-order valence-electron chi connectivity index (χ0n) is 17.1. The maximum atomic E-state index is 12.6. The molecule has 1 aliphatic heterocycles. The average Bonchev–Trinajstić information content (AvgIpc) is 2.97. The number of aryl methyl sites for hydroxylation is 1. The van der Waals surface area contributed by atoms with Gasteiger partial charge in [0.15, 0.2) is 0 Å². The maximum Gasteiger partial charge on any atom is 0.339 e. The van der Waals surface area contributed by atoms with Crippen LogP contribution in [0.2, 0.25) is 0 Å². The standard InChI is InChI=1S/C22H29N3O3/c1-14-6-5-11-25(12-14)13-17-7-9-18(10-8-17)24-21(26)20-15(2)19(16(3)23-20)22(27)28-4/h7-10,14,23H,5-6,11-13H2,1-4H3,(H,24,26). The van der Waals surface area contributed by atoms with Gasteiger partial charge in [-0.25, -0.2) is 4.79 Å². The summed E-state index contributed by atoms with van der Waals surface area (Å²) in [5, 5.41) is 2.90. The third-order valence-electron chi connectivity index (χ3n) is 5.41. The number of methoxy groups -OCH3 is 1. The second-order valence-corrected chi connectivity index (χ2v) is 7.75. The van der Waals surface area contributed by atoms with Crippen molar-refractivity contribution in [2.75, 3.05) is 25.5 Å². The van der Waals surface area contributed by atoms with Gasteiger partial charge in [0.1, 0.15) is 5.69 Å². The average molecular weight is 383 g/mol. The molecule has 1 unspecified atom stereocenters. The summed E-state index contributed by atoms with van der Waals surface area (Å²) >= 11 is 0. The molecule has 2 heterocycles. The van der Waals surface area contributed by atoms with Gasteiger partial charge < -0.3 is 15.0 Å². The molecule has 0 saturated carbocycles. The van der Waals surface area contributed by atoms with Gasteiger partial charge in [-0.15, -0.1) is 0 Å². The third-order valence-corrected chi connectivity index (χ3v) is 5.41. The van der Waals surface area contributed by atoms with Crippen LogP contribution in [0.4, 0.5) is 5.69 Å². The fraction of sp³-hybridized carbons (Fsp3) is 0.455. The van der Waals surface area contributed by atoms with Crippen molar-refractivity contribution in [3.63, 3.8) is 0 Å². The van der Waals surface area contributed by atoms with E-state index < -0.39 is 5.97 Å². The lowest BCUT2D eigenvalue weighted by Gasteiger charge is -2.30. The quantitative estimate of drug-likeness (QED) is 0.768. The summed E-state index contributed by atoms with van der Waals surface area (Å²) in [7, 11) is 1.33. The number of anilines is 1. The van der Waals surface area contributed by atoms with E-state index in [0.29, 0.717) is 22.5 Å². The lowest BCUT2D eigenvalue weighted by atomic mass is 10.00. The Labute approximate surface area is 166 Å². The van der Waals surface area contributed by atoms with E-state index in [0.717, 1.165) is 31.2 Å². The predicted octanol–water partition coefficient (Wildman–Crippen LogP) is 3.90. The molecule has 3 rings (SSSR count). The summed E-state index contributed by atoms with van der Waals surface area (Å²) in [5.74, 6) is 0.0460. The van der Waals surface area contributed by atoms with Crippen LogP contribution in [0, 0.1) is 19.8 Å². The summed E-state index contributed by atoms with van der Waals surface area (Å²) in [5.41, 5.74) is 3.99. The molecule has 2 N–H and O–H groups in total. The number of carbonyl (C=O) groups excluding carboxylic acids is 2. The molecular weight excluding hydrogens is 354 g/mol. The highest BCUT2D eigenvalue weighted by atomic mass is 16.5. The van der Waals surface area contributed by atoms with Crippen LogP contribution < -0.4 is 5.32 Å². The van der Waals surface area contributed by atoms with Crippen molar-refractivity contribution in [3.05, 3.63) is 52.3 Å². The number of benzene rings is 1. The van der Waals surface area contributed by atoms with Gasteiger partial charge in [-0.2, -0.15) is 0 Å². The molecule has 6 heteroatoms. The van der Waals surface area contributed by atoms with Gasteiger partial charge in [-0.1, -0.05) is 19.1 Å². The minimum atomic E-state index is -0.443. The molecule has 0 spiro atoms. The van der Waals surface area contributed by atoms with E-state index in [-0.39, 0.29) is 5.91 Å². The van der Waals surface area contributed by atoms with E-state index in [9.17, 15) is 9.59 Å². The number of nitrogens with zero attached hydrogens (tertiary/aromatic N) is 1. The highest BCUT2D eigenvalue weighted by Gasteiger charge is 2.22. The second-order valence-electron chi connectivity index (χ2n) is 7.75. The third kappa shape index (κ3) is 4.44. The van der Waals surface area contributed by atoms with Gasteiger partial charge in [0, 0.05) is 24.5 Å².